The summed E-state index contributed by atoms with van der Waals surface area (Å²) in [5.74, 6) is -1.39. The summed E-state index contributed by atoms with van der Waals surface area (Å²) < 4.78 is 26.1. The average molecular weight is 429 g/mol. The minimum absolute atomic E-state index is 0.129. The van der Waals surface area contributed by atoms with Gasteiger partial charge in [-0.1, -0.05) is 38.2 Å². The summed E-state index contributed by atoms with van der Waals surface area (Å²) in [5, 5.41) is 6.90. The quantitative estimate of drug-likeness (QED) is 0.465. The number of hydrogen-bond acceptors (Lipinski definition) is 5. The Hall–Kier alpha value is -2.90. The van der Waals surface area contributed by atoms with Crippen molar-refractivity contribution in [3.8, 4) is 11.5 Å². The zero-order valence-corrected chi connectivity index (χ0v) is 18.0. The van der Waals surface area contributed by atoms with Crippen molar-refractivity contribution >= 4 is 16.9 Å². The molecule has 2 saturated carbocycles. The van der Waals surface area contributed by atoms with Crippen LogP contribution in [-0.4, -0.2) is 25.1 Å². The number of nitrogens with two attached hydrogens (primary N) is 1. The Morgan fingerprint density at radius 1 is 1.03 bits per heavy atom. The highest BCUT2D eigenvalue weighted by Crippen LogP contribution is 2.48. The van der Waals surface area contributed by atoms with Gasteiger partial charge in [0, 0.05) is 0 Å². The molecular weight excluding hydrogens is 398 g/mol. The Bertz CT molecular complexity index is 1000. The van der Waals surface area contributed by atoms with Crippen molar-refractivity contribution in [2.45, 2.75) is 64.7 Å². The zero-order valence-electron chi connectivity index (χ0n) is 18.0. The van der Waals surface area contributed by atoms with Gasteiger partial charge >= 0.3 is 0 Å². The highest BCUT2D eigenvalue weighted by atomic mass is 19.1. The molecule has 0 radical (unpaired) electrons. The zero-order chi connectivity index (χ0) is 22.3. The Morgan fingerprint density at radius 2 is 1.65 bits per heavy atom. The van der Waals surface area contributed by atoms with Crippen molar-refractivity contribution in [3.63, 3.8) is 0 Å². The van der Waals surface area contributed by atoms with Crippen molar-refractivity contribution in [1.29, 1.82) is 0 Å². The van der Waals surface area contributed by atoms with Crippen LogP contribution in [0.5, 0.6) is 0 Å². The van der Waals surface area contributed by atoms with E-state index < -0.39 is 11.6 Å². The van der Waals surface area contributed by atoms with E-state index in [4.69, 9.17) is 5.73 Å². The Kier molecular flexibility index (Phi) is 7.65. The molecular formula is C23H30F2N6. The number of pyridine rings is 1. The van der Waals surface area contributed by atoms with Gasteiger partial charge in [-0.3, -0.25) is 5.10 Å². The molecule has 166 valence electrons. The Balaban J connectivity index is 0.000000176. The molecule has 2 aliphatic carbocycles. The van der Waals surface area contributed by atoms with E-state index in [0.29, 0.717) is 16.7 Å². The van der Waals surface area contributed by atoms with Crippen LogP contribution in [0.15, 0.2) is 31.1 Å². The molecule has 0 aliphatic heterocycles. The molecule has 6 nitrogen and oxygen atoms in total. The van der Waals surface area contributed by atoms with E-state index in [2.05, 4.69) is 31.7 Å². The van der Waals surface area contributed by atoms with Crippen LogP contribution in [0.25, 0.3) is 22.6 Å². The molecule has 3 N–H and O–H groups in total. The van der Waals surface area contributed by atoms with Crippen molar-refractivity contribution in [2.24, 2.45) is 5.41 Å². The number of anilines is 1. The minimum Gasteiger partial charge on any atom is -0.381 e. The normalized spacial score (nSPS) is 16.9. The van der Waals surface area contributed by atoms with Crippen LogP contribution in [0.2, 0.25) is 0 Å². The molecule has 1 spiro atoms. The number of nitrogens with zero attached hydrogens (tertiary/aromatic N) is 4. The standard InChI is InChI=1S/C10H6F2N6.C10H18.C3H6/c11-4-1-5-7(17-18-9(5)14-2-4)10-15-3-6(12)8(13)16-10;1-2-6-10(7-3-1)8-4-5-9-10;1-3-2/h1-3H,(H2,13,15,16)(H,14,17,18);1-9H2;3H,1H2,2H3. The van der Waals surface area contributed by atoms with E-state index in [1.54, 1.807) is 31.8 Å². The lowest BCUT2D eigenvalue weighted by Crippen LogP contribution is -2.19. The lowest BCUT2D eigenvalue weighted by atomic mass is 9.73. The number of nitrogen functional groups attached to an aromatic ring is 1. The molecule has 0 aromatic carbocycles. The monoisotopic (exact) mass is 428 g/mol. The van der Waals surface area contributed by atoms with Gasteiger partial charge in [0.15, 0.2) is 23.1 Å². The summed E-state index contributed by atoms with van der Waals surface area (Å²) in [5.41, 5.74) is 6.88. The number of H-pyrrole nitrogens is 1. The topological polar surface area (TPSA) is 93.4 Å². The molecule has 8 heteroatoms. The van der Waals surface area contributed by atoms with Gasteiger partial charge in [0.2, 0.25) is 0 Å². The highest BCUT2D eigenvalue weighted by Gasteiger charge is 2.34. The maximum Gasteiger partial charge on any atom is 0.183 e. The highest BCUT2D eigenvalue weighted by molar-refractivity contribution is 5.88. The minimum atomic E-state index is -0.716. The van der Waals surface area contributed by atoms with E-state index >= 15 is 0 Å². The van der Waals surface area contributed by atoms with E-state index in [0.717, 1.165) is 17.8 Å². The second-order valence-electron chi connectivity index (χ2n) is 8.23. The molecule has 5 rings (SSSR count). The van der Waals surface area contributed by atoms with Gasteiger partial charge < -0.3 is 5.73 Å². The molecule has 0 saturated heterocycles. The third-order valence-corrected chi connectivity index (χ3v) is 5.95. The van der Waals surface area contributed by atoms with Crippen LogP contribution in [0, 0.1) is 17.0 Å². The van der Waals surface area contributed by atoms with Crippen LogP contribution in [-0.2, 0) is 0 Å². The van der Waals surface area contributed by atoms with Crippen LogP contribution >= 0.6 is 0 Å². The maximum absolute atomic E-state index is 13.1. The van der Waals surface area contributed by atoms with Gasteiger partial charge in [-0.25, -0.2) is 23.7 Å². The lowest BCUT2D eigenvalue weighted by molar-refractivity contribution is 0.197. The average Bonchev–Trinajstić information content (AvgIpc) is 3.39. The van der Waals surface area contributed by atoms with Gasteiger partial charge in [-0.05, 0) is 44.1 Å². The molecule has 31 heavy (non-hydrogen) atoms. The molecule has 0 amide bonds. The second-order valence-corrected chi connectivity index (χ2v) is 8.23. The number of allylic oxidation sites excluding steroid dienone is 1. The summed E-state index contributed by atoms with van der Waals surface area (Å²) in [7, 11) is 0. The molecule has 2 fully saturated rings. The fourth-order valence-electron chi connectivity index (χ4n) is 4.47. The molecule has 0 unspecified atom stereocenters. The first-order valence-electron chi connectivity index (χ1n) is 10.8. The van der Waals surface area contributed by atoms with Crippen molar-refractivity contribution in [2.75, 3.05) is 5.73 Å². The van der Waals surface area contributed by atoms with Gasteiger partial charge in [-0.2, -0.15) is 5.10 Å². The number of aromatic amines is 1. The summed E-state index contributed by atoms with van der Waals surface area (Å²) in [4.78, 5) is 11.3. The number of hydrogen-bond donors (Lipinski definition) is 2. The third kappa shape index (κ3) is 5.62. The van der Waals surface area contributed by atoms with Gasteiger partial charge in [0.05, 0.1) is 17.8 Å². The second kappa shape index (κ2) is 10.4. The number of nitrogens with one attached hydrogen (secondary N) is 1. The smallest absolute Gasteiger partial charge is 0.183 e. The van der Waals surface area contributed by atoms with E-state index in [1.165, 1.54) is 38.2 Å². The molecule has 0 atom stereocenters. The summed E-state index contributed by atoms with van der Waals surface area (Å²) in [6.45, 7) is 5.25. The molecule has 0 bridgehead atoms. The first-order valence-corrected chi connectivity index (χ1v) is 10.8. The van der Waals surface area contributed by atoms with Crippen molar-refractivity contribution < 1.29 is 8.78 Å². The summed E-state index contributed by atoms with van der Waals surface area (Å²) in [6.07, 6.45) is 17.6. The lowest BCUT2D eigenvalue weighted by Gasteiger charge is -2.32. The van der Waals surface area contributed by atoms with Crippen LogP contribution in [0.3, 0.4) is 0 Å². The number of aromatic nitrogens is 5. The number of fused-ring (bicyclic) bond motifs is 1. The van der Waals surface area contributed by atoms with Crippen molar-refractivity contribution in [3.05, 3.63) is 42.7 Å². The molecule has 3 aromatic rings. The third-order valence-electron chi connectivity index (χ3n) is 5.95. The Morgan fingerprint density at radius 3 is 2.26 bits per heavy atom. The molecule has 2 aliphatic rings. The van der Waals surface area contributed by atoms with Gasteiger partial charge in [0.25, 0.3) is 0 Å². The molecule has 3 heterocycles. The predicted molar refractivity (Wildman–Crippen MR) is 119 cm³/mol. The largest absolute Gasteiger partial charge is 0.381 e. The SMILES string of the molecule is C1CCC2(CC1)CCCC2.C=CC.Nc1nc(-c2[nH]nc3ncc(F)cc23)ncc1F. The van der Waals surface area contributed by atoms with Gasteiger partial charge in [-0.15, -0.1) is 6.58 Å². The summed E-state index contributed by atoms with van der Waals surface area (Å²) in [6, 6.07) is 1.24. The first kappa shape index (κ1) is 22.8. The number of rotatable bonds is 1. The van der Waals surface area contributed by atoms with E-state index in [1.807, 2.05) is 6.92 Å². The van der Waals surface area contributed by atoms with Crippen molar-refractivity contribution in [1.82, 2.24) is 25.1 Å². The fraction of sp³-hybridized carbons (Fsp3) is 0.478. The van der Waals surface area contributed by atoms with Crippen LogP contribution in [0.1, 0.15) is 64.7 Å². The summed E-state index contributed by atoms with van der Waals surface area (Å²) >= 11 is 0. The fourth-order valence-corrected chi connectivity index (χ4v) is 4.47. The number of halogens is 2. The van der Waals surface area contributed by atoms with Crippen LogP contribution < -0.4 is 5.73 Å². The first-order chi connectivity index (χ1) is 15.0. The molecule has 3 aromatic heterocycles. The van der Waals surface area contributed by atoms with Crippen LogP contribution in [0.4, 0.5) is 14.6 Å². The maximum atomic E-state index is 13.1. The van der Waals surface area contributed by atoms with E-state index in [-0.39, 0.29) is 11.6 Å². The Labute approximate surface area is 181 Å². The van der Waals surface area contributed by atoms with E-state index in [9.17, 15) is 8.78 Å². The predicted octanol–water partition coefficient (Wildman–Crippen LogP) is 5.98. The van der Waals surface area contributed by atoms with Gasteiger partial charge in [0.1, 0.15) is 11.5 Å².